The number of nitrogens with one attached hydrogen (secondary N) is 1. The van der Waals surface area contributed by atoms with Gasteiger partial charge >= 0.3 is 0 Å². The molecule has 6 nitrogen and oxygen atoms in total. The molecule has 0 bridgehead atoms. The van der Waals surface area contributed by atoms with E-state index in [4.69, 9.17) is 9.47 Å². The maximum Gasteiger partial charge on any atom is 0.246 e. The molecule has 2 amide bonds. The fourth-order valence-electron chi connectivity index (χ4n) is 3.99. The maximum atomic E-state index is 13.0. The Kier molecular flexibility index (Phi) is 8.17. The summed E-state index contributed by atoms with van der Waals surface area (Å²) in [6, 6.07) is 24.5. The third kappa shape index (κ3) is 6.73. The van der Waals surface area contributed by atoms with Crippen molar-refractivity contribution in [3.05, 3.63) is 90.5 Å². The van der Waals surface area contributed by atoms with E-state index in [9.17, 15) is 9.59 Å². The molecule has 0 aliphatic carbocycles. The Morgan fingerprint density at radius 3 is 2.29 bits per heavy atom. The highest BCUT2D eigenvalue weighted by Crippen LogP contribution is 2.31. The maximum absolute atomic E-state index is 13.0. The van der Waals surface area contributed by atoms with Gasteiger partial charge in [0.1, 0.15) is 11.5 Å². The van der Waals surface area contributed by atoms with Gasteiger partial charge in [0, 0.05) is 25.1 Å². The predicted octanol–water partition coefficient (Wildman–Crippen LogP) is 5.77. The number of likely N-dealkylation sites (tertiary alicyclic amines) is 1. The molecule has 4 rings (SSSR count). The van der Waals surface area contributed by atoms with Crippen molar-refractivity contribution in [1.29, 1.82) is 0 Å². The number of ether oxygens (including phenoxy) is 2. The van der Waals surface area contributed by atoms with Crippen LogP contribution in [-0.2, 0) is 9.59 Å². The second-order valence-corrected chi connectivity index (χ2v) is 8.34. The Bertz CT molecular complexity index is 1150. The van der Waals surface area contributed by atoms with Gasteiger partial charge in [-0.05, 0) is 67.8 Å². The van der Waals surface area contributed by atoms with Gasteiger partial charge in [-0.15, -0.1) is 0 Å². The topological polar surface area (TPSA) is 67.9 Å². The first kappa shape index (κ1) is 24.1. The fourth-order valence-corrected chi connectivity index (χ4v) is 3.99. The van der Waals surface area contributed by atoms with Crippen molar-refractivity contribution >= 4 is 23.6 Å². The number of hydrogen-bond donors (Lipinski definition) is 1. The van der Waals surface area contributed by atoms with Crippen LogP contribution in [0.25, 0.3) is 6.08 Å². The molecule has 1 N–H and O–H groups in total. The van der Waals surface area contributed by atoms with Gasteiger partial charge < -0.3 is 19.7 Å². The highest BCUT2D eigenvalue weighted by molar-refractivity contribution is 5.95. The molecule has 0 radical (unpaired) electrons. The number of benzene rings is 3. The van der Waals surface area contributed by atoms with Crippen molar-refractivity contribution in [2.45, 2.75) is 19.8 Å². The summed E-state index contributed by atoms with van der Waals surface area (Å²) in [5.41, 5.74) is 1.61. The largest absolute Gasteiger partial charge is 0.494 e. The zero-order chi connectivity index (χ0) is 24.5. The minimum atomic E-state index is -0.157. The SMILES string of the molecule is CCOc1ccc(Oc2ccccc2NC(=O)C2CCN(C(=O)/C=C/c3ccccc3)CC2)cc1. The van der Waals surface area contributed by atoms with Crippen LogP contribution in [0.2, 0.25) is 0 Å². The van der Waals surface area contributed by atoms with Crippen LogP contribution in [0, 0.1) is 5.92 Å². The molecule has 6 heteroatoms. The van der Waals surface area contributed by atoms with E-state index in [-0.39, 0.29) is 17.7 Å². The van der Waals surface area contributed by atoms with Gasteiger partial charge in [-0.1, -0.05) is 42.5 Å². The van der Waals surface area contributed by atoms with Crippen molar-refractivity contribution in [2.24, 2.45) is 5.92 Å². The fraction of sp³-hybridized carbons (Fsp3) is 0.241. The van der Waals surface area contributed by atoms with E-state index in [1.54, 1.807) is 11.0 Å². The van der Waals surface area contributed by atoms with Crippen LogP contribution in [0.4, 0.5) is 5.69 Å². The summed E-state index contributed by atoms with van der Waals surface area (Å²) in [7, 11) is 0. The van der Waals surface area contributed by atoms with Crippen molar-refractivity contribution < 1.29 is 19.1 Å². The molecule has 180 valence electrons. The average molecular weight is 471 g/mol. The molecular weight excluding hydrogens is 440 g/mol. The molecule has 1 aliphatic rings. The van der Waals surface area contributed by atoms with Crippen LogP contribution < -0.4 is 14.8 Å². The molecule has 3 aromatic carbocycles. The lowest BCUT2D eigenvalue weighted by molar-refractivity contribution is -0.130. The van der Waals surface area contributed by atoms with Crippen molar-refractivity contribution in [3.63, 3.8) is 0 Å². The first-order valence-electron chi connectivity index (χ1n) is 11.9. The lowest BCUT2D eigenvalue weighted by atomic mass is 9.95. The number of nitrogens with zero attached hydrogens (tertiary/aromatic N) is 1. The lowest BCUT2D eigenvalue weighted by Gasteiger charge is -2.30. The molecule has 0 atom stereocenters. The molecule has 1 aliphatic heterocycles. The molecule has 0 unspecified atom stereocenters. The summed E-state index contributed by atoms with van der Waals surface area (Å²) < 4.78 is 11.5. The second kappa shape index (κ2) is 11.9. The summed E-state index contributed by atoms with van der Waals surface area (Å²) in [6.45, 7) is 3.65. The summed E-state index contributed by atoms with van der Waals surface area (Å²) in [6.07, 6.45) is 4.67. The molecular formula is C29H30N2O4. The quantitative estimate of drug-likeness (QED) is 0.425. The highest BCUT2D eigenvalue weighted by Gasteiger charge is 2.27. The van der Waals surface area contributed by atoms with Crippen LogP contribution in [-0.4, -0.2) is 36.4 Å². The molecule has 1 heterocycles. The van der Waals surface area contributed by atoms with Crippen LogP contribution >= 0.6 is 0 Å². The lowest BCUT2D eigenvalue weighted by Crippen LogP contribution is -2.40. The number of rotatable bonds is 8. The first-order chi connectivity index (χ1) is 17.1. The number of amides is 2. The Hall–Kier alpha value is -4.06. The molecule has 3 aromatic rings. The van der Waals surface area contributed by atoms with Gasteiger partial charge in [-0.2, -0.15) is 0 Å². The Morgan fingerprint density at radius 1 is 0.914 bits per heavy atom. The average Bonchev–Trinajstić information content (AvgIpc) is 2.90. The summed E-state index contributed by atoms with van der Waals surface area (Å²) >= 11 is 0. The molecule has 35 heavy (non-hydrogen) atoms. The van der Waals surface area contributed by atoms with Crippen molar-refractivity contribution in [2.75, 3.05) is 25.0 Å². The summed E-state index contributed by atoms with van der Waals surface area (Å²) in [5.74, 6) is 1.77. The molecule has 0 aromatic heterocycles. The minimum absolute atomic E-state index is 0.0261. The Morgan fingerprint density at radius 2 is 1.57 bits per heavy atom. The zero-order valence-electron chi connectivity index (χ0n) is 19.9. The predicted molar refractivity (Wildman–Crippen MR) is 138 cm³/mol. The minimum Gasteiger partial charge on any atom is -0.494 e. The van der Waals surface area contributed by atoms with E-state index in [0.717, 1.165) is 11.3 Å². The molecule has 0 saturated carbocycles. The number of anilines is 1. The third-order valence-corrected chi connectivity index (χ3v) is 5.90. The monoisotopic (exact) mass is 470 g/mol. The number of piperidine rings is 1. The number of para-hydroxylation sites is 2. The van der Waals surface area contributed by atoms with E-state index >= 15 is 0 Å². The third-order valence-electron chi connectivity index (χ3n) is 5.90. The molecule has 0 spiro atoms. The van der Waals surface area contributed by atoms with Gasteiger partial charge in [0.25, 0.3) is 0 Å². The van der Waals surface area contributed by atoms with Crippen LogP contribution in [0.15, 0.2) is 84.9 Å². The number of carbonyl (C=O) groups excluding carboxylic acids is 2. The highest BCUT2D eigenvalue weighted by atomic mass is 16.5. The van der Waals surface area contributed by atoms with Gasteiger partial charge in [0.2, 0.25) is 11.8 Å². The van der Waals surface area contributed by atoms with Crippen molar-refractivity contribution in [1.82, 2.24) is 4.90 Å². The molecule has 1 fully saturated rings. The van der Waals surface area contributed by atoms with E-state index < -0.39 is 0 Å². The van der Waals surface area contributed by atoms with Gasteiger partial charge in [0.15, 0.2) is 5.75 Å². The summed E-state index contributed by atoms with van der Waals surface area (Å²) in [4.78, 5) is 27.3. The van der Waals surface area contributed by atoms with E-state index in [1.165, 1.54) is 0 Å². The van der Waals surface area contributed by atoms with Gasteiger partial charge in [-0.3, -0.25) is 9.59 Å². The Balaban J connectivity index is 1.31. The smallest absolute Gasteiger partial charge is 0.246 e. The standard InChI is InChI=1S/C29H30N2O4/c1-2-34-24-13-15-25(16-14-24)35-27-11-7-6-10-26(27)30-29(33)23-18-20-31(21-19-23)28(32)17-12-22-8-4-3-5-9-22/h3-17,23H,2,18-21H2,1H3,(H,30,33)/b17-12+. The van der Waals surface area contributed by atoms with Gasteiger partial charge in [-0.25, -0.2) is 0 Å². The van der Waals surface area contributed by atoms with Gasteiger partial charge in [0.05, 0.1) is 12.3 Å². The van der Waals surface area contributed by atoms with E-state index in [2.05, 4.69) is 5.32 Å². The first-order valence-corrected chi connectivity index (χ1v) is 11.9. The normalized spacial score (nSPS) is 14.0. The van der Waals surface area contributed by atoms with Crippen LogP contribution in [0.1, 0.15) is 25.3 Å². The number of carbonyl (C=O) groups is 2. The second-order valence-electron chi connectivity index (χ2n) is 8.34. The molecule has 1 saturated heterocycles. The zero-order valence-corrected chi connectivity index (χ0v) is 19.9. The number of hydrogen-bond acceptors (Lipinski definition) is 4. The van der Waals surface area contributed by atoms with E-state index in [1.807, 2.05) is 91.9 Å². The van der Waals surface area contributed by atoms with Crippen LogP contribution in [0.5, 0.6) is 17.2 Å². The van der Waals surface area contributed by atoms with E-state index in [0.29, 0.717) is 49.7 Å². The van der Waals surface area contributed by atoms with Crippen LogP contribution in [0.3, 0.4) is 0 Å². The van der Waals surface area contributed by atoms with Crippen molar-refractivity contribution in [3.8, 4) is 17.2 Å². The Labute approximate surface area is 206 Å². The summed E-state index contributed by atoms with van der Waals surface area (Å²) in [5, 5.41) is 3.02.